The number of aromatic nitrogens is 1. The summed E-state index contributed by atoms with van der Waals surface area (Å²) in [5.74, 6) is -1.48. The molecule has 1 amide bonds. The largest absolute Gasteiger partial charge is 0.478 e. The highest BCUT2D eigenvalue weighted by molar-refractivity contribution is 5.95. The Kier molecular flexibility index (Phi) is 4.43. The number of nitrogens with zero attached hydrogens (tertiary/aromatic N) is 2. The van der Waals surface area contributed by atoms with Gasteiger partial charge in [0, 0.05) is 13.1 Å². The minimum Gasteiger partial charge on any atom is -0.478 e. The van der Waals surface area contributed by atoms with Crippen molar-refractivity contribution in [2.45, 2.75) is 26.1 Å². The molecule has 0 spiro atoms. The number of hydrogen-bond acceptors (Lipinski definition) is 3. The van der Waals surface area contributed by atoms with Gasteiger partial charge >= 0.3 is 12.1 Å². The standard InChI is InChI=1S/C18H15F3N2O3/c1-10-14(4-5-15(22-10)18(19,20)21)16(24)23-7-6-11-2-3-12(17(25)26)8-13(11)9-23/h2-5,8H,6-7,9H2,1H3,(H,25,26). The molecule has 0 aliphatic carbocycles. The first-order valence-electron chi connectivity index (χ1n) is 7.86. The number of benzene rings is 1. The minimum atomic E-state index is -4.57. The van der Waals surface area contributed by atoms with Crippen molar-refractivity contribution in [2.24, 2.45) is 0 Å². The third-order valence-electron chi connectivity index (χ3n) is 4.36. The number of rotatable bonds is 2. The highest BCUT2D eigenvalue weighted by Gasteiger charge is 2.33. The molecule has 1 N–H and O–H groups in total. The molecule has 0 atom stereocenters. The van der Waals surface area contributed by atoms with Gasteiger partial charge in [0.2, 0.25) is 0 Å². The van der Waals surface area contributed by atoms with Gasteiger partial charge in [-0.2, -0.15) is 13.2 Å². The van der Waals surface area contributed by atoms with E-state index in [1.165, 1.54) is 24.0 Å². The van der Waals surface area contributed by atoms with Crippen LogP contribution in [0.15, 0.2) is 30.3 Å². The fraction of sp³-hybridized carbons (Fsp3) is 0.278. The van der Waals surface area contributed by atoms with Crippen LogP contribution in [0.2, 0.25) is 0 Å². The fourth-order valence-electron chi connectivity index (χ4n) is 2.98. The maximum Gasteiger partial charge on any atom is 0.433 e. The van der Waals surface area contributed by atoms with Crippen molar-refractivity contribution in [3.8, 4) is 0 Å². The maximum absolute atomic E-state index is 12.7. The summed E-state index contributed by atoms with van der Waals surface area (Å²) in [7, 11) is 0. The second-order valence-electron chi connectivity index (χ2n) is 6.09. The van der Waals surface area contributed by atoms with E-state index in [9.17, 15) is 22.8 Å². The third kappa shape index (κ3) is 3.40. The van der Waals surface area contributed by atoms with E-state index in [0.29, 0.717) is 13.0 Å². The molecule has 1 aliphatic rings. The van der Waals surface area contributed by atoms with Crippen LogP contribution in [0.25, 0.3) is 0 Å². The summed E-state index contributed by atoms with van der Waals surface area (Å²) in [4.78, 5) is 28.8. The number of amides is 1. The molecule has 0 fully saturated rings. The number of carbonyl (C=O) groups is 2. The minimum absolute atomic E-state index is 0.00917. The molecule has 0 radical (unpaired) electrons. The first kappa shape index (κ1) is 17.9. The lowest BCUT2D eigenvalue weighted by atomic mass is 9.96. The highest BCUT2D eigenvalue weighted by Crippen LogP contribution is 2.29. The molecular weight excluding hydrogens is 349 g/mol. The van der Waals surface area contributed by atoms with Crippen LogP contribution < -0.4 is 0 Å². The van der Waals surface area contributed by atoms with E-state index in [1.54, 1.807) is 6.07 Å². The van der Waals surface area contributed by atoms with E-state index in [2.05, 4.69) is 4.98 Å². The van der Waals surface area contributed by atoms with Gasteiger partial charge < -0.3 is 10.0 Å². The fourth-order valence-corrected chi connectivity index (χ4v) is 2.98. The van der Waals surface area contributed by atoms with Crippen molar-refractivity contribution in [3.63, 3.8) is 0 Å². The summed E-state index contributed by atoms with van der Waals surface area (Å²) in [5, 5.41) is 9.09. The molecule has 26 heavy (non-hydrogen) atoms. The zero-order valence-electron chi connectivity index (χ0n) is 13.8. The van der Waals surface area contributed by atoms with Crippen molar-refractivity contribution in [1.29, 1.82) is 0 Å². The summed E-state index contributed by atoms with van der Waals surface area (Å²) in [6.45, 7) is 1.97. The van der Waals surface area contributed by atoms with Crippen molar-refractivity contribution in [2.75, 3.05) is 6.54 Å². The van der Waals surface area contributed by atoms with Crippen LogP contribution in [0.5, 0.6) is 0 Å². The van der Waals surface area contributed by atoms with E-state index in [4.69, 9.17) is 5.11 Å². The van der Waals surface area contributed by atoms with Gasteiger partial charge in [-0.1, -0.05) is 6.07 Å². The Bertz CT molecular complexity index is 894. The molecule has 0 saturated heterocycles. The lowest BCUT2D eigenvalue weighted by molar-refractivity contribution is -0.141. The molecule has 3 rings (SSSR count). The number of aryl methyl sites for hydroxylation is 1. The Morgan fingerprint density at radius 2 is 1.88 bits per heavy atom. The summed E-state index contributed by atoms with van der Waals surface area (Å²) in [6, 6.07) is 6.69. The first-order chi connectivity index (χ1) is 12.2. The average molecular weight is 364 g/mol. The normalized spacial score (nSPS) is 14.1. The number of aromatic carboxylic acids is 1. The molecule has 136 valence electrons. The number of carboxylic acids is 1. The smallest absolute Gasteiger partial charge is 0.433 e. The molecule has 2 aromatic rings. The molecule has 0 saturated carbocycles. The third-order valence-corrected chi connectivity index (χ3v) is 4.36. The van der Waals surface area contributed by atoms with Gasteiger partial charge in [0.05, 0.1) is 16.8 Å². The van der Waals surface area contributed by atoms with E-state index < -0.39 is 23.7 Å². The average Bonchev–Trinajstić information content (AvgIpc) is 2.59. The predicted octanol–water partition coefficient (Wildman–Crippen LogP) is 3.31. The van der Waals surface area contributed by atoms with E-state index >= 15 is 0 Å². The Morgan fingerprint density at radius 1 is 1.15 bits per heavy atom. The Balaban J connectivity index is 1.86. The summed E-state index contributed by atoms with van der Waals surface area (Å²) in [6.07, 6.45) is -4.02. The van der Waals surface area contributed by atoms with Gasteiger partial charge in [0.25, 0.3) is 5.91 Å². The number of alkyl halides is 3. The second kappa shape index (κ2) is 6.44. The van der Waals surface area contributed by atoms with Crippen LogP contribution in [0, 0.1) is 6.92 Å². The van der Waals surface area contributed by atoms with Gasteiger partial charge in [-0.25, -0.2) is 9.78 Å². The molecular formula is C18H15F3N2O3. The van der Waals surface area contributed by atoms with Crippen molar-refractivity contribution in [1.82, 2.24) is 9.88 Å². The Labute approximate surface area is 147 Å². The zero-order valence-corrected chi connectivity index (χ0v) is 13.8. The van der Waals surface area contributed by atoms with E-state index in [-0.39, 0.29) is 23.4 Å². The molecule has 5 nitrogen and oxygen atoms in total. The molecule has 1 aromatic heterocycles. The number of carboxylic acid groups (broad SMARTS) is 1. The number of hydrogen-bond donors (Lipinski definition) is 1. The van der Waals surface area contributed by atoms with Crippen LogP contribution in [-0.4, -0.2) is 33.4 Å². The predicted molar refractivity (Wildman–Crippen MR) is 85.8 cm³/mol. The first-order valence-corrected chi connectivity index (χ1v) is 7.86. The molecule has 1 aliphatic heterocycles. The van der Waals surface area contributed by atoms with Crippen LogP contribution in [0.4, 0.5) is 13.2 Å². The summed E-state index contributed by atoms with van der Waals surface area (Å²) >= 11 is 0. The van der Waals surface area contributed by atoms with Crippen molar-refractivity contribution in [3.05, 3.63) is 64.0 Å². The topological polar surface area (TPSA) is 70.5 Å². The summed E-state index contributed by atoms with van der Waals surface area (Å²) in [5.41, 5.74) is 0.890. The number of carbonyl (C=O) groups excluding carboxylic acids is 1. The van der Waals surface area contributed by atoms with Gasteiger partial charge in [0.1, 0.15) is 5.69 Å². The molecule has 8 heteroatoms. The lowest BCUT2D eigenvalue weighted by Gasteiger charge is -2.29. The molecule has 2 heterocycles. The quantitative estimate of drug-likeness (QED) is 0.888. The van der Waals surface area contributed by atoms with Crippen LogP contribution in [0.3, 0.4) is 0 Å². The van der Waals surface area contributed by atoms with Gasteiger partial charge in [-0.15, -0.1) is 0 Å². The van der Waals surface area contributed by atoms with Crippen LogP contribution in [-0.2, 0) is 19.1 Å². The summed E-state index contributed by atoms with van der Waals surface area (Å²) < 4.78 is 38.2. The molecule has 0 bridgehead atoms. The highest BCUT2D eigenvalue weighted by atomic mass is 19.4. The number of pyridine rings is 1. The van der Waals surface area contributed by atoms with E-state index in [1.807, 2.05) is 0 Å². The molecule has 1 aromatic carbocycles. The second-order valence-corrected chi connectivity index (χ2v) is 6.09. The Hall–Kier alpha value is -2.90. The number of halogens is 3. The van der Waals surface area contributed by atoms with Gasteiger partial charge in [-0.05, 0) is 48.7 Å². The van der Waals surface area contributed by atoms with Crippen molar-refractivity contribution >= 4 is 11.9 Å². The number of fused-ring (bicyclic) bond motifs is 1. The monoisotopic (exact) mass is 364 g/mol. The Morgan fingerprint density at radius 3 is 2.50 bits per heavy atom. The van der Waals surface area contributed by atoms with Gasteiger partial charge in [-0.3, -0.25) is 4.79 Å². The SMILES string of the molecule is Cc1nc(C(F)(F)F)ccc1C(=O)N1CCc2ccc(C(=O)O)cc2C1. The van der Waals surface area contributed by atoms with Gasteiger partial charge in [0.15, 0.2) is 0 Å². The van der Waals surface area contributed by atoms with E-state index in [0.717, 1.165) is 23.3 Å². The van der Waals surface area contributed by atoms with Crippen molar-refractivity contribution < 1.29 is 27.9 Å². The van der Waals surface area contributed by atoms with Crippen LogP contribution in [0.1, 0.15) is 43.2 Å². The lowest BCUT2D eigenvalue weighted by Crippen LogP contribution is -2.36. The maximum atomic E-state index is 12.7. The zero-order chi connectivity index (χ0) is 19.1. The molecule has 0 unspecified atom stereocenters. The van der Waals surface area contributed by atoms with Crippen LogP contribution >= 0.6 is 0 Å².